The number of hydrogen-bond donors (Lipinski definition) is 1. The molecule has 0 aliphatic heterocycles. The van der Waals surface area contributed by atoms with Gasteiger partial charge >= 0.3 is 0 Å². The van der Waals surface area contributed by atoms with Crippen LogP contribution in [-0.4, -0.2) is 23.4 Å². The summed E-state index contributed by atoms with van der Waals surface area (Å²) in [6.07, 6.45) is 14.0. The Kier molecular flexibility index (Phi) is 10.8. The zero-order valence-electron chi connectivity index (χ0n) is 11.7. The predicted octanol–water partition coefficient (Wildman–Crippen LogP) is 5.09. The molecule has 0 bridgehead atoms. The maximum Gasteiger partial charge on any atom is 0.141 e. The first-order chi connectivity index (χ1) is 7.68. The molecule has 0 aliphatic carbocycles. The van der Waals surface area contributed by atoms with Crippen LogP contribution in [0.25, 0.3) is 0 Å². The zero-order chi connectivity index (χ0) is 12.3. The van der Waals surface area contributed by atoms with Crippen LogP contribution in [0.2, 0.25) is 0 Å². The lowest BCUT2D eigenvalue weighted by Gasteiger charge is -2.16. The molecule has 16 heavy (non-hydrogen) atoms. The molecule has 0 spiro atoms. The number of hydrogen-bond acceptors (Lipinski definition) is 1. The van der Waals surface area contributed by atoms with Gasteiger partial charge in [0, 0.05) is 0 Å². The highest BCUT2D eigenvalue weighted by Gasteiger charge is 2.29. The van der Waals surface area contributed by atoms with Crippen molar-refractivity contribution in [1.29, 1.82) is 0 Å². The van der Waals surface area contributed by atoms with Crippen molar-refractivity contribution in [3.8, 4) is 0 Å². The van der Waals surface area contributed by atoms with Crippen molar-refractivity contribution in [2.24, 2.45) is 0 Å². The second-order valence-electron chi connectivity index (χ2n) is 4.93. The van der Waals surface area contributed by atoms with Gasteiger partial charge in [-0.2, -0.15) is 0 Å². The quantitative estimate of drug-likeness (QED) is 0.398. The van der Waals surface area contributed by atoms with Crippen LogP contribution in [-0.2, 0) is 0 Å². The molecule has 1 nitrogen and oxygen atoms in total. The Labute approximate surface area is 103 Å². The summed E-state index contributed by atoms with van der Waals surface area (Å²) in [5, 5.41) is 0. The molecular formula is C14H32OP+. The molecule has 0 aliphatic rings. The Morgan fingerprint density at radius 2 is 1.12 bits per heavy atom. The fourth-order valence-electron chi connectivity index (χ4n) is 2.08. The maximum atomic E-state index is 10.2. The summed E-state index contributed by atoms with van der Waals surface area (Å²) in [5.74, 6) is 0. The third-order valence-corrected chi connectivity index (χ3v) is 7.11. The van der Waals surface area contributed by atoms with Gasteiger partial charge in [0.1, 0.15) is 7.49 Å². The fraction of sp³-hybridized carbons (Fsp3) is 1.00. The first kappa shape index (κ1) is 16.4. The van der Waals surface area contributed by atoms with Crippen LogP contribution < -0.4 is 0 Å². The Morgan fingerprint density at radius 3 is 1.56 bits per heavy atom. The lowest BCUT2D eigenvalue weighted by molar-refractivity contribution is 0.570. The molecular weight excluding hydrogens is 215 g/mol. The molecule has 0 rings (SSSR count). The molecule has 0 saturated heterocycles. The minimum atomic E-state index is -1.50. The van der Waals surface area contributed by atoms with Gasteiger partial charge in [0.05, 0.1) is 18.5 Å². The Morgan fingerprint density at radius 1 is 0.688 bits per heavy atom. The third-order valence-electron chi connectivity index (χ3n) is 3.61. The molecule has 0 fully saturated rings. The molecule has 0 aromatic rings. The van der Waals surface area contributed by atoms with Gasteiger partial charge in [0.25, 0.3) is 0 Å². The smallest absolute Gasteiger partial charge is 0.141 e. The number of rotatable bonds is 11. The molecule has 0 aromatic heterocycles. The second-order valence-corrected chi connectivity index (χ2v) is 8.83. The van der Waals surface area contributed by atoms with Gasteiger partial charge < -0.3 is 0 Å². The Balaban J connectivity index is 3.26. The van der Waals surface area contributed by atoms with E-state index >= 15 is 0 Å². The zero-order valence-corrected chi connectivity index (χ0v) is 12.6. The van der Waals surface area contributed by atoms with Gasteiger partial charge in [0.15, 0.2) is 0 Å². The molecule has 0 atom stereocenters. The number of unbranched alkanes of at least 4 members (excludes halogenated alkanes) is 7. The summed E-state index contributed by atoms with van der Waals surface area (Å²) in [7, 11) is -1.50. The van der Waals surface area contributed by atoms with Crippen molar-refractivity contribution in [2.75, 3.05) is 18.5 Å². The van der Waals surface area contributed by atoms with Gasteiger partial charge in [-0.15, -0.1) is 0 Å². The summed E-state index contributed by atoms with van der Waals surface area (Å²) in [6, 6.07) is 0. The average Bonchev–Trinajstić information content (AvgIpc) is 2.32. The van der Waals surface area contributed by atoms with Crippen molar-refractivity contribution < 1.29 is 4.89 Å². The van der Waals surface area contributed by atoms with Gasteiger partial charge in [-0.25, -0.2) is 0 Å². The van der Waals surface area contributed by atoms with Crippen molar-refractivity contribution in [3.63, 3.8) is 0 Å². The van der Waals surface area contributed by atoms with Crippen LogP contribution in [0.4, 0.5) is 0 Å². The Bertz CT molecular complexity index is 144. The third kappa shape index (κ3) is 8.53. The van der Waals surface area contributed by atoms with Crippen LogP contribution >= 0.6 is 7.49 Å². The van der Waals surface area contributed by atoms with E-state index in [1.807, 2.05) is 0 Å². The van der Waals surface area contributed by atoms with Gasteiger partial charge in [0.2, 0.25) is 0 Å². The predicted molar refractivity (Wildman–Crippen MR) is 77.7 cm³/mol. The van der Waals surface area contributed by atoms with E-state index in [1.165, 1.54) is 51.4 Å². The monoisotopic (exact) mass is 247 g/mol. The van der Waals surface area contributed by atoms with E-state index < -0.39 is 7.49 Å². The van der Waals surface area contributed by atoms with E-state index in [0.717, 1.165) is 18.5 Å². The van der Waals surface area contributed by atoms with Crippen molar-refractivity contribution in [2.45, 2.75) is 72.1 Å². The van der Waals surface area contributed by atoms with Gasteiger partial charge in [-0.05, 0) is 26.7 Å². The summed E-state index contributed by atoms with van der Waals surface area (Å²) < 4.78 is 0. The van der Waals surface area contributed by atoms with Crippen LogP contribution in [0.1, 0.15) is 72.1 Å². The molecule has 98 valence electrons. The standard InChI is InChI=1S/C14H32OP/c1-4-7-8-9-10-11-12-13-14-16(15,5-2)6-3/h15H,4-14H2,1-3H3/q+1. The second kappa shape index (κ2) is 10.5. The van der Waals surface area contributed by atoms with E-state index in [1.54, 1.807) is 0 Å². The highest BCUT2D eigenvalue weighted by Crippen LogP contribution is 2.54. The largest absolute Gasteiger partial charge is 0.252 e. The summed E-state index contributed by atoms with van der Waals surface area (Å²) in [6.45, 7) is 6.55. The molecule has 0 heterocycles. The fourth-order valence-corrected chi connectivity index (χ4v) is 3.97. The van der Waals surface area contributed by atoms with Gasteiger partial charge in [-0.1, -0.05) is 45.4 Å². The summed E-state index contributed by atoms with van der Waals surface area (Å²) in [4.78, 5) is 10.2. The Hall–Kier alpha value is 0.390. The molecule has 1 N–H and O–H groups in total. The minimum absolute atomic E-state index is 1.01. The van der Waals surface area contributed by atoms with Crippen molar-refractivity contribution >= 4 is 7.49 Å². The van der Waals surface area contributed by atoms with Crippen molar-refractivity contribution in [3.05, 3.63) is 0 Å². The molecule has 2 heteroatoms. The van der Waals surface area contributed by atoms with E-state index in [0.29, 0.717) is 0 Å². The van der Waals surface area contributed by atoms with Crippen LogP contribution in [0.3, 0.4) is 0 Å². The average molecular weight is 247 g/mol. The van der Waals surface area contributed by atoms with Crippen molar-refractivity contribution in [1.82, 2.24) is 0 Å². The molecule has 0 saturated carbocycles. The summed E-state index contributed by atoms with van der Waals surface area (Å²) >= 11 is 0. The molecule has 0 aromatic carbocycles. The normalized spacial score (nSPS) is 12.0. The molecule has 0 unspecified atom stereocenters. The lowest BCUT2D eigenvalue weighted by Crippen LogP contribution is -2.03. The first-order valence-corrected chi connectivity index (χ1v) is 9.57. The minimum Gasteiger partial charge on any atom is -0.252 e. The molecule has 0 radical (unpaired) electrons. The highest BCUT2D eigenvalue weighted by molar-refractivity contribution is 7.70. The SMILES string of the molecule is CCCCCCCCCC[P+](O)(CC)CC. The topological polar surface area (TPSA) is 20.2 Å². The maximum absolute atomic E-state index is 10.2. The van der Waals surface area contributed by atoms with E-state index in [4.69, 9.17) is 0 Å². The highest BCUT2D eigenvalue weighted by atomic mass is 31.2. The van der Waals surface area contributed by atoms with Gasteiger partial charge in [-0.3, -0.25) is 4.89 Å². The summed E-state index contributed by atoms with van der Waals surface area (Å²) in [5.41, 5.74) is 0. The lowest BCUT2D eigenvalue weighted by atomic mass is 10.1. The van der Waals surface area contributed by atoms with E-state index in [2.05, 4.69) is 20.8 Å². The van der Waals surface area contributed by atoms with Crippen LogP contribution in [0.5, 0.6) is 0 Å². The molecule has 0 amide bonds. The van der Waals surface area contributed by atoms with E-state index in [9.17, 15) is 4.89 Å². The van der Waals surface area contributed by atoms with E-state index in [-0.39, 0.29) is 0 Å². The van der Waals surface area contributed by atoms with Crippen LogP contribution in [0, 0.1) is 0 Å². The van der Waals surface area contributed by atoms with Crippen LogP contribution in [0.15, 0.2) is 0 Å². The first-order valence-electron chi connectivity index (χ1n) is 7.27.